The van der Waals surface area contributed by atoms with Gasteiger partial charge in [0.1, 0.15) is 5.75 Å². The van der Waals surface area contributed by atoms with Crippen molar-refractivity contribution < 1.29 is 5.11 Å². The lowest BCUT2D eigenvalue weighted by atomic mass is 9.83. The fraction of sp³-hybridized carbons (Fsp3) is 0.294. The van der Waals surface area contributed by atoms with Crippen LogP contribution in [0.3, 0.4) is 0 Å². The molecule has 0 aliphatic heterocycles. The van der Waals surface area contributed by atoms with Crippen LogP contribution in [0.1, 0.15) is 31.9 Å². The second-order valence-electron chi connectivity index (χ2n) is 5.82. The van der Waals surface area contributed by atoms with Crippen molar-refractivity contribution in [1.29, 1.82) is 0 Å². The first-order valence-corrected chi connectivity index (χ1v) is 6.29. The summed E-state index contributed by atoms with van der Waals surface area (Å²) in [6.45, 7) is 8.43. The molecule has 1 heteroatoms. The molecular weight excluding hydrogens is 220 g/mol. The molecule has 0 amide bonds. The number of hydrogen-bond donors (Lipinski definition) is 1. The van der Waals surface area contributed by atoms with E-state index in [4.69, 9.17) is 0 Å². The Bertz CT molecular complexity index is 548. The average Bonchev–Trinajstić information content (AvgIpc) is 2.31. The predicted octanol–water partition coefficient (Wildman–Crippen LogP) is 4.67. The van der Waals surface area contributed by atoms with Gasteiger partial charge in [-0.05, 0) is 29.5 Å². The van der Waals surface area contributed by atoms with E-state index in [0.29, 0.717) is 5.75 Å². The predicted molar refractivity (Wildman–Crippen MR) is 77.0 cm³/mol. The average molecular weight is 240 g/mol. The zero-order valence-corrected chi connectivity index (χ0v) is 11.5. The van der Waals surface area contributed by atoms with E-state index in [1.54, 1.807) is 0 Å². The molecule has 0 unspecified atom stereocenters. The van der Waals surface area contributed by atoms with Crippen molar-refractivity contribution in [3.63, 3.8) is 0 Å². The third-order valence-corrected chi connectivity index (χ3v) is 3.15. The minimum Gasteiger partial charge on any atom is -0.507 e. The van der Waals surface area contributed by atoms with Gasteiger partial charge in [-0.25, -0.2) is 0 Å². The highest BCUT2D eigenvalue weighted by atomic mass is 16.3. The van der Waals surface area contributed by atoms with Crippen molar-refractivity contribution in [3.05, 3.63) is 53.6 Å². The fourth-order valence-corrected chi connectivity index (χ4v) is 2.19. The lowest BCUT2D eigenvalue weighted by molar-refractivity contribution is 0.448. The molecule has 0 saturated heterocycles. The standard InChI is InChI=1S/C17H20O/c1-12-10-14(13-8-6-5-7-9-13)16(18)15(11-12)17(2,3)4/h5-11,18H,1-4H3. The molecule has 1 nitrogen and oxygen atoms in total. The van der Waals surface area contributed by atoms with E-state index in [2.05, 4.69) is 33.8 Å². The molecule has 0 heterocycles. The number of benzene rings is 2. The number of rotatable bonds is 1. The normalized spacial score (nSPS) is 11.6. The summed E-state index contributed by atoms with van der Waals surface area (Å²) in [6.07, 6.45) is 0. The Balaban J connectivity index is 2.67. The minimum absolute atomic E-state index is 0.0559. The zero-order valence-electron chi connectivity index (χ0n) is 11.5. The van der Waals surface area contributed by atoms with Gasteiger partial charge in [-0.15, -0.1) is 0 Å². The van der Waals surface area contributed by atoms with Crippen molar-refractivity contribution in [2.24, 2.45) is 0 Å². The van der Waals surface area contributed by atoms with E-state index >= 15 is 0 Å². The van der Waals surface area contributed by atoms with Crippen molar-refractivity contribution in [3.8, 4) is 16.9 Å². The Morgan fingerprint density at radius 1 is 0.944 bits per heavy atom. The van der Waals surface area contributed by atoms with Crippen molar-refractivity contribution >= 4 is 0 Å². The Labute approximate surface area is 109 Å². The lowest BCUT2D eigenvalue weighted by Crippen LogP contribution is -2.12. The highest BCUT2D eigenvalue weighted by Crippen LogP contribution is 2.39. The van der Waals surface area contributed by atoms with Crippen LogP contribution < -0.4 is 0 Å². The number of hydrogen-bond acceptors (Lipinski definition) is 1. The van der Waals surface area contributed by atoms with Gasteiger partial charge < -0.3 is 5.11 Å². The van der Waals surface area contributed by atoms with Crippen LogP contribution in [0.4, 0.5) is 0 Å². The van der Waals surface area contributed by atoms with Crippen LogP contribution in [0.15, 0.2) is 42.5 Å². The molecule has 2 rings (SSSR count). The molecule has 1 N–H and O–H groups in total. The molecular formula is C17H20O. The Kier molecular flexibility index (Phi) is 3.16. The summed E-state index contributed by atoms with van der Waals surface area (Å²) >= 11 is 0. The lowest BCUT2D eigenvalue weighted by Gasteiger charge is -2.23. The molecule has 0 aromatic heterocycles. The van der Waals surface area contributed by atoms with E-state index in [1.165, 1.54) is 5.56 Å². The summed E-state index contributed by atoms with van der Waals surface area (Å²) < 4.78 is 0. The summed E-state index contributed by atoms with van der Waals surface area (Å²) in [5.41, 5.74) is 4.10. The van der Waals surface area contributed by atoms with Crippen LogP contribution >= 0.6 is 0 Å². The quantitative estimate of drug-likeness (QED) is 0.768. The van der Waals surface area contributed by atoms with Crippen LogP contribution in [0.5, 0.6) is 5.75 Å². The highest BCUT2D eigenvalue weighted by Gasteiger charge is 2.21. The van der Waals surface area contributed by atoms with Gasteiger partial charge in [-0.2, -0.15) is 0 Å². The summed E-state index contributed by atoms with van der Waals surface area (Å²) in [7, 11) is 0. The molecule has 0 spiro atoms. The van der Waals surface area contributed by atoms with Crippen LogP contribution in [0, 0.1) is 6.92 Å². The fourth-order valence-electron chi connectivity index (χ4n) is 2.19. The minimum atomic E-state index is -0.0559. The molecule has 0 fully saturated rings. The van der Waals surface area contributed by atoms with E-state index in [0.717, 1.165) is 16.7 Å². The summed E-state index contributed by atoms with van der Waals surface area (Å²) in [6, 6.07) is 14.1. The largest absolute Gasteiger partial charge is 0.507 e. The van der Waals surface area contributed by atoms with Gasteiger partial charge in [-0.3, -0.25) is 0 Å². The maximum absolute atomic E-state index is 10.5. The van der Waals surface area contributed by atoms with E-state index < -0.39 is 0 Å². The molecule has 94 valence electrons. The van der Waals surface area contributed by atoms with Gasteiger partial charge in [0.2, 0.25) is 0 Å². The molecule has 0 aliphatic rings. The first-order chi connectivity index (χ1) is 8.39. The van der Waals surface area contributed by atoms with Crippen LogP contribution in [-0.4, -0.2) is 5.11 Å². The Morgan fingerprint density at radius 3 is 2.11 bits per heavy atom. The zero-order chi connectivity index (χ0) is 13.3. The van der Waals surface area contributed by atoms with E-state index in [1.807, 2.05) is 36.4 Å². The topological polar surface area (TPSA) is 20.2 Å². The number of phenols is 1. The van der Waals surface area contributed by atoms with Gasteiger partial charge in [0.15, 0.2) is 0 Å². The highest BCUT2D eigenvalue weighted by molar-refractivity contribution is 5.73. The van der Waals surface area contributed by atoms with Gasteiger partial charge in [0.25, 0.3) is 0 Å². The smallest absolute Gasteiger partial charge is 0.127 e. The first-order valence-electron chi connectivity index (χ1n) is 6.29. The van der Waals surface area contributed by atoms with E-state index in [-0.39, 0.29) is 5.41 Å². The maximum atomic E-state index is 10.5. The molecule has 2 aromatic rings. The van der Waals surface area contributed by atoms with E-state index in [9.17, 15) is 5.11 Å². The number of aromatic hydroxyl groups is 1. The summed E-state index contributed by atoms with van der Waals surface area (Å²) in [4.78, 5) is 0. The van der Waals surface area contributed by atoms with Crippen LogP contribution in [0.25, 0.3) is 11.1 Å². The maximum Gasteiger partial charge on any atom is 0.127 e. The Hall–Kier alpha value is -1.76. The van der Waals surface area contributed by atoms with Gasteiger partial charge in [0, 0.05) is 11.1 Å². The molecule has 0 saturated carbocycles. The number of phenolic OH excluding ortho intramolecular Hbond substituents is 1. The third-order valence-electron chi connectivity index (χ3n) is 3.15. The Morgan fingerprint density at radius 2 is 1.56 bits per heavy atom. The molecule has 0 bridgehead atoms. The molecule has 2 aromatic carbocycles. The second kappa shape index (κ2) is 4.49. The van der Waals surface area contributed by atoms with Gasteiger partial charge in [0.05, 0.1) is 0 Å². The van der Waals surface area contributed by atoms with Crippen molar-refractivity contribution in [1.82, 2.24) is 0 Å². The molecule has 0 radical (unpaired) electrons. The van der Waals surface area contributed by atoms with Gasteiger partial charge in [-0.1, -0.05) is 57.2 Å². The van der Waals surface area contributed by atoms with Crippen molar-refractivity contribution in [2.45, 2.75) is 33.1 Å². The second-order valence-corrected chi connectivity index (χ2v) is 5.82. The molecule has 18 heavy (non-hydrogen) atoms. The summed E-state index contributed by atoms with van der Waals surface area (Å²) in [5, 5.41) is 10.5. The third kappa shape index (κ3) is 2.40. The molecule has 0 aliphatic carbocycles. The van der Waals surface area contributed by atoms with Crippen LogP contribution in [-0.2, 0) is 5.41 Å². The summed E-state index contributed by atoms with van der Waals surface area (Å²) in [5.74, 6) is 0.402. The van der Waals surface area contributed by atoms with Gasteiger partial charge >= 0.3 is 0 Å². The number of aryl methyl sites for hydroxylation is 1. The van der Waals surface area contributed by atoms with Crippen LogP contribution in [0.2, 0.25) is 0 Å². The first kappa shape index (κ1) is 12.7. The SMILES string of the molecule is Cc1cc(-c2ccccc2)c(O)c(C(C)(C)C)c1. The van der Waals surface area contributed by atoms with Crippen molar-refractivity contribution in [2.75, 3.05) is 0 Å². The molecule has 0 atom stereocenters. The monoisotopic (exact) mass is 240 g/mol.